The van der Waals surface area contributed by atoms with Crippen molar-refractivity contribution in [2.24, 2.45) is 5.10 Å². The number of rotatable bonds is 3. The fraction of sp³-hybridized carbons (Fsp3) is 0. The first-order valence-corrected chi connectivity index (χ1v) is 6.28. The van der Waals surface area contributed by atoms with Crippen LogP contribution in [0.25, 0.3) is 0 Å². The summed E-state index contributed by atoms with van der Waals surface area (Å²) in [4.78, 5) is 0. The number of aromatic nitrogens is 3. The lowest BCUT2D eigenvalue weighted by molar-refractivity contribution is 0.471. The Hall–Kier alpha value is -1.32. The number of anilines is 1. The van der Waals surface area contributed by atoms with E-state index in [1.54, 1.807) is 12.1 Å². The summed E-state index contributed by atoms with van der Waals surface area (Å²) < 4.78 is 2.57. The molecule has 0 radical (unpaired) electrons. The molecule has 10 heteroatoms. The minimum Gasteiger partial charge on any atom is -0.506 e. The summed E-state index contributed by atoms with van der Waals surface area (Å²) in [6.07, 6.45) is 2.78. The van der Waals surface area contributed by atoms with E-state index in [0.29, 0.717) is 16.0 Å². The quantitative estimate of drug-likeness (QED) is 0.407. The molecule has 4 N–H and O–H groups in total. The predicted molar refractivity (Wildman–Crippen MR) is 82.1 cm³/mol. The van der Waals surface area contributed by atoms with Gasteiger partial charge in [-0.2, -0.15) is 5.10 Å². The third-order valence-corrected chi connectivity index (χ3v) is 3.06. The van der Waals surface area contributed by atoms with E-state index in [1.165, 1.54) is 17.2 Å². The Morgan fingerprint density at radius 2 is 2.16 bits per heavy atom. The first kappa shape index (κ1) is 15.7. The van der Waals surface area contributed by atoms with E-state index >= 15 is 0 Å². The van der Waals surface area contributed by atoms with Gasteiger partial charge in [-0.3, -0.25) is 0 Å². The van der Waals surface area contributed by atoms with E-state index in [0.717, 1.165) is 4.47 Å². The van der Waals surface area contributed by atoms with Gasteiger partial charge in [0.05, 0.1) is 10.7 Å². The van der Waals surface area contributed by atoms with Crippen molar-refractivity contribution < 1.29 is 5.11 Å². The summed E-state index contributed by atoms with van der Waals surface area (Å²) in [6, 6.07) is 3.45. The molecule has 1 heterocycles. The summed E-state index contributed by atoms with van der Waals surface area (Å²) >= 11 is 6.55. The van der Waals surface area contributed by atoms with Crippen LogP contribution < -0.4 is 11.3 Å². The Morgan fingerprint density at radius 1 is 1.42 bits per heavy atom. The van der Waals surface area contributed by atoms with Crippen molar-refractivity contribution in [1.29, 1.82) is 0 Å². The normalized spacial score (nSPS) is 10.4. The Labute approximate surface area is 131 Å². The third-order valence-electron chi connectivity index (χ3n) is 2.00. The highest BCUT2D eigenvalue weighted by molar-refractivity contribution is 9.11. The summed E-state index contributed by atoms with van der Waals surface area (Å²) in [5.74, 6) is 5.88. The SMILES string of the molecule is Cl.Nn1cnnc1N/N=C/c1cc(Br)cc(Br)c1O. The van der Waals surface area contributed by atoms with Crippen LogP contribution in [0.1, 0.15) is 5.56 Å². The summed E-state index contributed by atoms with van der Waals surface area (Å²) in [7, 11) is 0. The topological polar surface area (TPSA) is 101 Å². The molecule has 0 aliphatic heterocycles. The number of hydrazone groups is 1. The highest BCUT2D eigenvalue weighted by Crippen LogP contribution is 2.30. The number of halogens is 3. The van der Waals surface area contributed by atoms with E-state index in [9.17, 15) is 5.11 Å². The van der Waals surface area contributed by atoms with Gasteiger partial charge in [0.25, 0.3) is 5.95 Å². The second-order valence-corrected chi connectivity index (χ2v) is 5.03. The molecule has 2 aromatic rings. The Morgan fingerprint density at radius 3 is 2.79 bits per heavy atom. The van der Waals surface area contributed by atoms with E-state index in [-0.39, 0.29) is 18.2 Å². The monoisotopic (exact) mass is 410 g/mol. The minimum absolute atomic E-state index is 0. The maximum absolute atomic E-state index is 9.79. The largest absolute Gasteiger partial charge is 0.506 e. The summed E-state index contributed by atoms with van der Waals surface area (Å²) in [5, 5.41) is 21.0. The zero-order valence-electron chi connectivity index (χ0n) is 9.29. The molecular formula is C9H9Br2ClN6O. The molecule has 7 nitrogen and oxygen atoms in total. The number of nitrogens with one attached hydrogen (secondary N) is 1. The van der Waals surface area contributed by atoms with Crippen LogP contribution in [0, 0.1) is 0 Å². The van der Waals surface area contributed by atoms with Gasteiger partial charge in [-0.25, -0.2) is 10.1 Å². The van der Waals surface area contributed by atoms with Gasteiger partial charge in [0.15, 0.2) is 0 Å². The van der Waals surface area contributed by atoms with Gasteiger partial charge in [-0.1, -0.05) is 15.9 Å². The first-order valence-electron chi connectivity index (χ1n) is 4.70. The number of hydrogen-bond acceptors (Lipinski definition) is 6. The molecule has 0 saturated heterocycles. The van der Waals surface area contributed by atoms with Crippen LogP contribution in [0.2, 0.25) is 0 Å². The van der Waals surface area contributed by atoms with Crippen LogP contribution in [-0.2, 0) is 0 Å². The van der Waals surface area contributed by atoms with E-state index in [1.807, 2.05) is 0 Å². The van der Waals surface area contributed by atoms with Gasteiger partial charge in [0.1, 0.15) is 12.1 Å². The highest BCUT2D eigenvalue weighted by Gasteiger charge is 2.05. The smallest absolute Gasteiger partial charge is 0.263 e. The molecule has 1 aromatic heterocycles. The highest BCUT2D eigenvalue weighted by atomic mass is 79.9. The van der Waals surface area contributed by atoms with Crippen molar-refractivity contribution in [2.45, 2.75) is 0 Å². The van der Waals surface area contributed by atoms with Crippen molar-refractivity contribution in [1.82, 2.24) is 14.9 Å². The maximum atomic E-state index is 9.79. The average Bonchev–Trinajstić information content (AvgIpc) is 2.71. The van der Waals surface area contributed by atoms with Gasteiger partial charge in [-0.05, 0) is 28.1 Å². The Bertz CT molecular complexity index is 602. The molecule has 0 spiro atoms. The molecule has 0 unspecified atom stereocenters. The molecule has 0 aliphatic carbocycles. The van der Waals surface area contributed by atoms with Crippen molar-refractivity contribution in [3.05, 3.63) is 33.0 Å². The molecular weight excluding hydrogens is 403 g/mol. The molecule has 0 atom stereocenters. The number of phenols is 1. The molecule has 19 heavy (non-hydrogen) atoms. The van der Waals surface area contributed by atoms with Crippen LogP contribution in [0.5, 0.6) is 5.75 Å². The van der Waals surface area contributed by atoms with Gasteiger partial charge in [0, 0.05) is 10.0 Å². The van der Waals surface area contributed by atoms with E-state index in [4.69, 9.17) is 5.84 Å². The number of aromatic hydroxyl groups is 1. The predicted octanol–water partition coefficient (Wildman–Crippen LogP) is 2.09. The van der Waals surface area contributed by atoms with Crippen LogP contribution in [0.3, 0.4) is 0 Å². The lowest BCUT2D eigenvalue weighted by Crippen LogP contribution is -2.10. The Balaban J connectivity index is 0.00000180. The van der Waals surface area contributed by atoms with Crippen molar-refractivity contribution >= 4 is 56.4 Å². The Kier molecular flexibility index (Phi) is 5.58. The number of hydrogen-bond donors (Lipinski definition) is 3. The van der Waals surface area contributed by atoms with Gasteiger partial charge < -0.3 is 10.9 Å². The number of nitrogens with zero attached hydrogens (tertiary/aromatic N) is 4. The van der Waals surface area contributed by atoms with Gasteiger partial charge >= 0.3 is 0 Å². The van der Waals surface area contributed by atoms with Crippen molar-refractivity contribution in [2.75, 3.05) is 11.3 Å². The number of benzene rings is 1. The lowest BCUT2D eigenvalue weighted by atomic mass is 10.2. The minimum atomic E-state index is 0. The zero-order chi connectivity index (χ0) is 13.1. The van der Waals surface area contributed by atoms with Crippen LogP contribution >= 0.6 is 44.3 Å². The average molecular weight is 412 g/mol. The number of nitrogen functional groups attached to an aromatic ring is 1. The van der Waals surface area contributed by atoms with Crippen LogP contribution in [0.4, 0.5) is 5.95 Å². The van der Waals surface area contributed by atoms with Gasteiger partial charge in [-0.15, -0.1) is 22.6 Å². The summed E-state index contributed by atoms with van der Waals surface area (Å²) in [6.45, 7) is 0. The number of phenolic OH excluding ortho intramolecular Hbond substituents is 1. The second kappa shape index (κ2) is 6.73. The molecule has 2 rings (SSSR count). The molecule has 0 amide bonds. The summed E-state index contributed by atoms with van der Waals surface area (Å²) in [5.41, 5.74) is 3.13. The first-order chi connectivity index (χ1) is 8.58. The lowest BCUT2D eigenvalue weighted by Gasteiger charge is -2.03. The van der Waals surface area contributed by atoms with Crippen LogP contribution in [0.15, 0.2) is 32.5 Å². The molecule has 0 saturated carbocycles. The molecule has 0 bridgehead atoms. The maximum Gasteiger partial charge on any atom is 0.263 e. The third kappa shape index (κ3) is 3.82. The molecule has 1 aromatic carbocycles. The second-order valence-electron chi connectivity index (χ2n) is 3.26. The molecule has 0 fully saturated rings. The van der Waals surface area contributed by atoms with Gasteiger partial charge in [0.2, 0.25) is 0 Å². The van der Waals surface area contributed by atoms with Crippen molar-refractivity contribution in [3.63, 3.8) is 0 Å². The fourth-order valence-corrected chi connectivity index (χ4v) is 2.42. The van der Waals surface area contributed by atoms with Crippen molar-refractivity contribution in [3.8, 4) is 5.75 Å². The van der Waals surface area contributed by atoms with E-state index in [2.05, 4.69) is 52.6 Å². The number of nitrogens with two attached hydrogens (primary N) is 1. The zero-order valence-corrected chi connectivity index (χ0v) is 13.3. The standard InChI is InChI=1S/C9H8Br2N6O.ClH/c10-6-1-5(8(18)7(11)2-6)3-13-15-9-16-14-4-17(9)12;/h1-4,18H,12H2,(H,15,16);1H/b13-3+;. The van der Waals surface area contributed by atoms with Crippen LogP contribution in [-0.4, -0.2) is 26.2 Å². The molecule has 102 valence electrons. The molecule has 0 aliphatic rings. The fourth-order valence-electron chi connectivity index (χ4n) is 1.17. The van der Waals surface area contributed by atoms with E-state index < -0.39 is 0 Å².